The second-order valence-corrected chi connectivity index (χ2v) is 9.33. The maximum atomic E-state index is 13.1. The lowest BCUT2D eigenvalue weighted by Crippen LogP contribution is -2.29. The molecule has 0 spiro atoms. The van der Waals surface area contributed by atoms with E-state index >= 15 is 0 Å². The Morgan fingerprint density at radius 2 is 1.88 bits per heavy atom. The van der Waals surface area contributed by atoms with Crippen molar-refractivity contribution in [3.8, 4) is 16.3 Å². The number of pyridine rings is 1. The van der Waals surface area contributed by atoms with E-state index in [0.29, 0.717) is 28.2 Å². The number of halogens is 1. The van der Waals surface area contributed by atoms with E-state index in [9.17, 15) is 14.7 Å². The second kappa shape index (κ2) is 8.93. The Bertz CT molecular complexity index is 1610. The highest BCUT2D eigenvalue weighted by atomic mass is 35.5. The number of aromatic hydroxyl groups is 1. The molecule has 5 aromatic rings. The number of aryl methyl sites for hydroxylation is 1. The molecule has 0 fully saturated rings. The third-order valence-corrected chi connectivity index (χ3v) is 6.86. The molecule has 0 unspecified atom stereocenters. The fourth-order valence-corrected chi connectivity index (χ4v) is 5.20. The highest BCUT2D eigenvalue weighted by Crippen LogP contribution is 2.32. The third-order valence-electron chi connectivity index (χ3n) is 5.56. The molecule has 0 aliphatic rings. The summed E-state index contributed by atoms with van der Waals surface area (Å²) in [5, 5.41) is 15.5. The van der Waals surface area contributed by atoms with Gasteiger partial charge < -0.3 is 15.0 Å². The summed E-state index contributed by atoms with van der Waals surface area (Å²) in [5.41, 5.74) is 2.10. The molecular weight excluding hydrogens is 470 g/mol. The number of hydrogen-bond donors (Lipinski definition) is 2. The molecule has 0 radical (unpaired) electrons. The molecule has 2 aromatic heterocycles. The Morgan fingerprint density at radius 1 is 1.12 bits per heavy atom. The topological polar surface area (TPSA) is 84.2 Å². The minimum atomic E-state index is -0.652. The first-order chi connectivity index (χ1) is 16.5. The van der Waals surface area contributed by atoms with E-state index in [2.05, 4.69) is 10.3 Å². The number of carbonyl (C=O) groups is 1. The van der Waals surface area contributed by atoms with Gasteiger partial charge in [0.25, 0.3) is 11.5 Å². The number of benzene rings is 3. The van der Waals surface area contributed by atoms with Crippen molar-refractivity contribution in [2.24, 2.45) is 0 Å². The summed E-state index contributed by atoms with van der Waals surface area (Å²) in [6.07, 6.45) is 0.717. The van der Waals surface area contributed by atoms with Crippen LogP contribution >= 0.6 is 22.9 Å². The number of anilines is 1. The number of amides is 1. The Hall–Kier alpha value is -3.68. The van der Waals surface area contributed by atoms with Gasteiger partial charge in [-0.05, 0) is 61.0 Å². The van der Waals surface area contributed by atoms with Crippen LogP contribution in [0.2, 0.25) is 5.02 Å². The summed E-state index contributed by atoms with van der Waals surface area (Å²) in [5.74, 6) is -0.962. The van der Waals surface area contributed by atoms with Gasteiger partial charge in [0.2, 0.25) is 0 Å². The van der Waals surface area contributed by atoms with Crippen molar-refractivity contribution in [3.63, 3.8) is 0 Å². The molecule has 170 valence electrons. The van der Waals surface area contributed by atoms with E-state index in [4.69, 9.17) is 11.6 Å². The molecule has 2 N–H and O–H groups in total. The van der Waals surface area contributed by atoms with Crippen LogP contribution in [0.1, 0.15) is 23.7 Å². The average molecular weight is 490 g/mol. The van der Waals surface area contributed by atoms with Gasteiger partial charge in [-0.3, -0.25) is 9.59 Å². The number of thiazole rings is 1. The number of para-hydroxylation sites is 1. The molecule has 0 saturated carbocycles. The van der Waals surface area contributed by atoms with Crippen molar-refractivity contribution in [1.29, 1.82) is 0 Å². The number of hydrogen-bond acceptors (Lipinski definition) is 5. The molecule has 0 aliphatic carbocycles. The van der Waals surface area contributed by atoms with E-state index in [1.807, 2.05) is 37.3 Å². The predicted molar refractivity (Wildman–Crippen MR) is 138 cm³/mol. The van der Waals surface area contributed by atoms with Crippen LogP contribution in [-0.4, -0.2) is 20.6 Å². The van der Waals surface area contributed by atoms with Gasteiger partial charge in [-0.2, -0.15) is 0 Å². The molecule has 8 heteroatoms. The Labute approximate surface area is 204 Å². The van der Waals surface area contributed by atoms with Crippen LogP contribution in [0.15, 0.2) is 71.5 Å². The lowest BCUT2D eigenvalue weighted by Gasteiger charge is -2.14. The van der Waals surface area contributed by atoms with Crippen molar-refractivity contribution in [1.82, 2.24) is 9.55 Å². The molecular formula is C26H20ClN3O3S. The molecule has 5 rings (SSSR count). The lowest BCUT2D eigenvalue weighted by atomic mass is 10.1. The van der Waals surface area contributed by atoms with Crippen molar-refractivity contribution < 1.29 is 9.90 Å². The maximum absolute atomic E-state index is 13.1. The van der Waals surface area contributed by atoms with Gasteiger partial charge in [-0.1, -0.05) is 30.7 Å². The van der Waals surface area contributed by atoms with Gasteiger partial charge in [0.1, 0.15) is 16.3 Å². The molecule has 2 heterocycles. The summed E-state index contributed by atoms with van der Waals surface area (Å²) in [6, 6.07) is 19.8. The number of rotatable bonds is 5. The molecule has 34 heavy (non-hydrogen) atoms. The van der Waals surface area contributed by atoms with Gasteiger partial charge in [-0.25, -0.2) is 4.98 Å². The smallest absolute Gasteiger partial charge is 0.267 e. The Kier molecular flexibility index (Phi) is 5.81. The zero-order valence-corrected chi connectivity index (χ0v) is 19.8. The monoisotopic (exact) mass is 489 g/mol. The van der Waals surface area contributed by atoms with Crippen LogP contribution in [0, 0.1) is 0 Å². The van der Waals surface area contributed by atoms with Gasteiger partial charge in [0.05, 0.1) is 15.7 Å². The summed E-state index contributed by atoms with van der Waals surface area (Å²) in [4.78, 5) is 30.8. The number of carbonyl (C=O) groups excluding carboxylic acids is 1. The summed E-state index contributed by atoms with van der Waals surface area (Å²) >= 11 is 7.60. The van der Waals surface area contributed by atoms with E-state index in [-0.39, 0.29) is 11.3 Å². The van der Waals surface area contributed by atoms with Crippen molar-refractivity contribution in [3.05, 3.63) is 87.7 Å². The Morgan fingerprint density at radius 3 is 2.65 bits per heavy atom. The predicted octanol–water partition coefficient (Wildman–Crippen LogP) is 6.30. The average Bonchev–Trinajstić information content (AvgIpc) is 3.25. The molecule has 1 amide bonds. The fraction of sp³-hybridized carbons (Fsp3) is 0.115. The van der Waals surface area contributed by atoms with Crippen LogP contribution in [-0.2, 0) is 6.54 Å². The van der Waals surface area contributed by atoms with Crippen LogP contribution in [0.5, 0.6) is 5.75 Å². The van der Waals surface area contributed by atoms with Gasteiger partial charge >= 0.3 is 0 Å². The molecule has 0 atom stereocenters. The van der Waals surface area contributed by atoms with Crippen LogP contribution in [0.4, 0.5) is 5.69 Å². The number of nitrogens with zero attached hydrogens (tertiary/aromatic N) is 2. The number of aromatic nitrogens is 2. The standard InChI is InChI=1S/C26H20ClN3O3S/c1-2-13-30-20-6-4-3-5-18(20)23(31)22(26(30)33)24(32)28-17-10-7-15(8-11-17)25-29-19-12-9-16(27)14-21(19)34-25/h3-12,14,31H,2,13H2,1H3,(H,28,32). The quantitative estimate of drug-likeness (QED) is 0.303. The van der Waals surface area contributed by atoms with Gasteiger partial charge in [0.15, 0.2) is 0 Å². The van der Waals surface area contributed by atoms with Gasteiger partial charge in [0, 0.05) is 28.2 Å². The molecule has 6 nitrogen and oxygen atoms in total. The summed E-state index contributed by atoms with van der Waals surface area (Å²) in [7, 11) is 0. The van der Waals surface area contributed by atoms with E-state index in [0.717, 1.165) is 27.2 Å². The summed E-state index contributed by atoms with van der Waals surface area (Å²) in [6.45, 7) is 2.40. The fourth-order valence-electron chi connectivity index (χ4n) is 3.95. The van der Waals surface area contributed by atoms with E-state index in [1.54, 1.807) is 36.4 Å². The molecule has 0 saturated heterocycles. The first-order valence-corrected chi connectivity index (χ1v) is 12.0. The first kappa shape index (κ1) is 22.1. The molecule has 3 aromatic carbocycles. The van der Waals surface area contributed by atoms with E-state index < -0.39 is 11.5 Å². The minimum absolute atomic E-state index is 0.265. The van der Waals surface area contributed by atoms with Crippen LogP contribution < -0.4 is 10.9 Å². The van der Waals surface area contributed by atoms with Crippen LogP contribution in [0.25, 0.3) is 31.7 Å². The van der Waals surface area contributed by atoms with Crippen molar-refractivity contribution in [2.75, 3.05) is 5.32 Å². The molecule has 0 bridgehead atoms. The second-order valence-electron chi connectivity index (χ2n) is 7.86. The highest BCUT2D eigenvalue weighted by molar-refractivity contribution is 7.21. The van der Waals surface area contributed by atoms with Crippen molar-refractivity contribution in [2.45, 2.75) is 19.9 Å². The normalized spacial score (nSPS) is 11.2. The Balaban J connectivity index is 1.46. The summed E-state index contributed by atoms with van der Waals surface area (Å²) < 4.78 is 2.53. The maximum Gasteiger partial charge on any atom is 0.267 e. The van der Waals surface area contributed by atoms with Crippen molar-refractivity contribution >= 4 is 55.7 Å². The lowest BCUT2D eigenvalue weighted by molar-refractivity contribution is 0.102. The SMILES string of the molecule is CCCn1c(=O)c(C(=O)Nc2ccc(-c3nc4ccc(Cl)cc4s3)cc2)c(O)c2ccccc21. The zero-order valence-electron chi connectivity index (χ0n) is 18.2. The first-order valence-electron chi connectivity index (χ1n) is 10.8. The molecule has 0 aliphatic heterocycles. The van der Waals surface area contributed by atoms with E-state index in [1.165, 1.54) is 15.9 Å². The third kappa shape index (κ3) is 3.93. The zero-order chi connectivity index (χ0) is 23.8. The van der Waals surface area contributed by atoms with Crippen LogP contribution in [0.3, 0.4) is 0 Å². The number of nitrogens with one attached hydrogen (secondary N) is 1. The largest absolute Gasteiger partial charge is 0.506 e. The van der Waals surface area contributed by atoms with Gasteiger partial charge in [-0.15, -0.1) is 11.3 Å². The number of fused-ring (bicyclic) bond motifs is 2. The minimum Gasteiger partial charge on any atom is -0.506 e. The highest BCUT2D eigenvalue weighted by Gasteiger charge is 2.22.